The summed E-state index contributed by atoms with van der Waals surface area (Å²) in [6.45, 7) is 5.07. The lowest BCUT2D eigenvalue weighted by molar-refractivity contribution is -0.166. The summed E-state index contributed by atoms with van der Waals surface area (Å²) in [5.74, 6) is 1.04. The molecule has 5 rings (SSSR count). The molecule has 0 saturated carbocycles. The number of fused-ring (bicyclic) bond motifs is 4. The molecular formula is C23H35N5O3. The van der Waals surface area contributed by atoms with Crippen LogP contribution in [0.4, 0.5) is 0 Å². The maximum atomic E-state index is 13.9. The van der Waals surface area contributed by atoms with Gasteiger partial charge in [-0.3, -0.25) is 14.3 Å². The topological polar surface area (TPSA) is 70.9 Å². The molecule has 1 aromatic rings. The van der Waals surface area contributed by atoms with Crippen LogP contribution in [0.25, 0.3) is 0 Å². The molecule has 4 fully saturated rings. The molecule has 5 heterocycles. The second-order valence-corrected chi connectivity index (χ2v) is 9.77. The molecule has 2 amide bonds. The van der Waals surface area contributed by atoms with Crippen LogP contribution in [0.3, 0.4) is 0 Å². The minimum absolute atomic E-state index is 0.146. The van der Waals surface area contributed by atoms with Gasteiger partial charge in [-0.25, -0.2) is 0 Å². The first kappa shape index (κ1) is 20.9. The van der Waals surface area contributed by atoms with Crippen LogP contribution in [0.5, 0.6) is 0 Å². The Balaban J connectivity index is 1.37. The van der Waals surface area contributed by atoms with Crippen molar-refractivity contribution in [3.63, 3.8) is 0 Å². The van der Waals surface area contributed by atoms with Gasteiger partial charge in [0.05, 0.1) is 19.2 Å². The molecule has 0 radical (unpaired) electrons. The molecule has 0 N–H and O–H groups in total. The molecule has 31 heavy (non-hydrogen) atoms. The fourth-order valence-corrected chi connectivity index (χ4v) is 6.59. The van der Waals surface area contributed by atoms with Gasteiger partial charge in [0.2, 0.25) is 11.8 Å². The zero-order chi connectivity index (χ0) is 21.4. The average molecular weight is 430 g/mol. The number of amides is 2. The highest BCUT2D eigenvalue weighted by Gasteiger charge is 2.53. The van der Waals surface area contributed by atoms with Gasteiger partial charge in [-0.15, -0.1) is 0 Å². The summed E-state index contributed by atoms with van der Waals surface area (Å²) in [5, 5.41) is 4.33. The standard InChI is InChI=1S/C23H35N5O3/c1-31-16-19-5-3-10-27(19)23(30)22-18-13-17(20-6-2-7-21(29)28(20)22)14-25(15-18)11-12-26-9-4-8-24-26/h4,8-9,17-20,22H,2-3,5-7,10-16H2,1H3/t17-,18+,19-,20-,22+/m0/s1. The monoisotopic (exact) mass is 429 g/mol. The van der Waals surface area contributed by atoms with Crippen molar-refractivity contribution in [2.24, 2.45) is 11.8 Å². The lowest BCUT2D eigenvalue weighted by Gasteiger charge is -2.56. The minimum Gasteiger partial charge on any atom is -0.383 e. The Kier molecular flexibility index (Phi) is 6.01. The number of likely N-dealkylation sites (tertiary alicyclic amines) is 2. The lowest BCUT2D eigenvalue weighted by Crippen LogP contribution is -2.69. The molecule has 4 aliphatic rings. The molecular weight excluding hydrogens is 394 g/mol. The second kappa shape index (κ2) is 8.90. The van der Waals surface area contributed by atoms with Crippen LogP contribution in [-0.4, -0.2) is 94.3 Å². The highest BCUT2D eigenvalue weighted by Crippen LogP contribution is 2.42. The van der Waals surface area contributed by atoms with E-state index in [9.17, 15) is 9.59 Å². The number of carbonyl (C=O) groups is 2. The van der Waals surface area contributed by atoms with Crippen molar-refractivity contribution in [3.05, 3.63) is 18.5 Å². The van der Waals surface area contributed by atoms with Gasteiger partial charge in [-0.1, -0.05) is 0 Å². The van der Waals surface area contributed by atoms with Crippen molar-refractivity contribution in [2.75, 3.05) is 39.9 Å². The largest absolute Gasteiger partial charge is 0.383 e. The summed E-state index contributed by atoms with van der Waals surface area (Å²) in [7, 11) is 1.70. The third-order valence-electron chi connectivity index (χ3n) is 7.89. The van der Waals surface area contributed by atoms with E-state index in [-0.39, 0.29) is 35.9 Å². The Hall–Kier alpha value is -1.93. The van der Waals surface area contributed by atoms with Crippen molar-refractivity contribution in [1.82, 2.24) is 24.5 Å². The molecule has 4 saturated heterocycles. The van der Waals surface area contributed by atoms with Gasteiger partial charge in [0.15, 0.2) is 0 Å². The van der Waals surface area contributed by atoms with Crippen LogP contribution in [0, 0.1) is 11.8 Å². The van der Waals surface area contributed by atoms with E-state index in [0.29, 0.717) is 18.9 Å². The van der Waals surface area contributed by atoms with Crippen LogP contribution >= 0.6 is 0 Å². The molecule has 2 bridgehead atoms. The third-order valence-corrected chi connectivity index (χ3v) is 7.89. The smallest absolute Gasteiger partial charge is 0.246 e. The van der Waals surface area contributed by atoms with Gasteiger partial charge < -0.3 is 19.4 Å². The van der Waals surface area contributed by atoms with Gasteiger partial charge in [-0.05, 0) is 44.1 Å². The molecule has 5 atom stereocenters. The van der Waals surface area contributed by atoms with E-state index in [0.717, 1.165) is 64.8 Å². The Bertz CT molecular complexity index is 784. The maximum Gasteiger partial charge on any atom is 0.246 e. The van der Waals surface area contributed by atoms with Crippen molar-refractivity contribution >= 4 is 11.8 Å². The van der Waals surface area contributed by atoms with Crippen LogP contribution < -0.4 is 0 Å². The van der Waals surface area contributed by atoms with Crippen molar-refractivity contribution in [1.29, 1.82) is 0 Å². The molecule has 0 aromatic carbocycles. The number of ether oxygens (including phenoxy) is 1. The summed E-state index contributed by atoms with van der Waals surface area (Å²) >= 11 is 0. The van der Waals surface area contributed by atoms with E-state index in [4.69, 9.17) is 4.74 Å². The Morgan fingerprint density at radius 1 is 1.19 bits per heavy atom. The van der Waals surface area contributed by atoms with Gasteiger partial charge in [0.25, 0.3) is 0 Å². The molecule has 170 valence electrons. The maximum absolute atomic E-state index is 13.9. The highest BCUT2D eigenvalue weighted by atomic mass is 16.5. The SMILES string of the molecule is COC[C@@H]1CCCN1C(=O)[C@H]1[C@@H]2C[C@@H](CN(CCn3cccn3)C2)[C@@H]2CCCC(=O)N21. The van der Waals surface area contributed by atoms with E-state index in [1.165, 1.54) is 0 Å². The summed E-state index contributed by atoms with van der Waals surface area (Å²) in [6, 6.07) is 2.01. The summed E-state index contributed by atoms with van der Waals surface area (Å²) < 4.78 is 7.37. The number of methoxy groups -OCH3 is 1. The average Bonchev–Trinajstić information content (AvgIpc) is 3.45. The van der Waals surface area contributed by atoms with E-state index >= 15 is 0 Å². The second-order valence-electron chi connectivity index (χ2n) is 9.77. The zero-order valence-corrected chi connectivity index (χ0v) is 18.6. The molecule has 4 aliphatic heterocycles. The van der Waals surface area contributed by atoms with E-state index in [2.05, 4.69) is 10.00 Å². The summed E-state index contributed by atoms with van der Waals surface area (Å²) in [6.07, 6.45) is 9.46. The first-order chi connectivity index (χ1) is 15.2. The van der Waals surface area contributed by atoms with Gasteiger partial charge in [-0.2, -0.15) is 5.10 Å². The number of nitrogens with zero attached hydrogens (tertiary/aromatic N) is 5. The Morgan fingerprint density at radius 3 is 2.87 bits per heavy atom. The molecule has 0 aliphatic carbocycles. The fourth-order valence-electron chi connectivity index (χ4n) is 6.59. The number of hydrogen-bond donors (Lipinski definition) is 0. The van der Waals surface area contributed by atoms with Crippen molar-refractivity contribution in [2.45, 2.75) is 63.2 Å². The van der Waals surface area contributed by atoms with E-state index in [1.54, 1.807) is 7.11 Å². The molecule has 8 nitrogen and oxygen atoms in total. The van der Waals surface area contributed by atoms with Crippen LogP contribution in [-0.2, 0) is 20.9 Å². The first-order valence-electron chi connectivity index (χ1n) is 12.0. The summed E-state index contributed by atoms with van der Waals surface area (Å²) in [4.78, 5) is 33.5. The van der Waals surface area contributed by atoms with E-state index < -0.39 is 0 Å². The minimum atomic E-state index is -0.306. The number of rotatable bonds is 6. The zero-order valence-electron chi connectivity index (χ0n) is 18.6. The third kappa shape index (κ3) is 4.00. The predicted octanol–water partition coefficient (Wildman–Crippen LogP) is 1.22. The Labute approximate surface area is 184 Å². The highest BCUT2D eigenvalue weighted by molar-refractivity contribution is 5.89. The molecule has 1 aromatic heterocycles. The Morgan fingerprint density at radius 2 is 2.06 bits per heavy atom. The van der Waals surface area contributed by atoms with Crippen LogP contribution in [0.1, 0.15) is 38.5 Å². The fraction of sp³-hybridized carbons (Fsp3) is 0.783. The van der Waals surface area contributed by atoms with Gasteiger partial charge in [0.1, 0.15) is 6.04 Å². The van der Waals surface area contributed by atoms with E-state index in [1.807, 2.05) is 32.9 Å². The number of piperidine rings is 3. The molecule has 0 unspecified atom stereocenters. The summed E-state index contributed by atoms with van der Waals surface area (Å²) in [5.41, 5.74) is 0. The predicted molar refractivity (Wildman–Crippen MR) is 115 cm³/mol. The van der Waals surface area contributed by atoms with Gasteiger partial charge in [0, 0.05) is 64.1 Å². The normalized spacial score (nSPS) is 33.6. The van der Waals surface area contributed by atoms with Crippen LogP contribution in [0.15, 0.2) is 18.5 Å². The quantitative estimate of drug-likeness (QED) is 0.680. The molecule has 8 heteroatoms. The molecule has 0 spiro atoms. The number of carbonyl (C=O) groups excluding carboxylic acids is 2. The van der Waals surface area contributed by atoms with Crippen molar-refractivity contribution < 1.29 is 14.3 Å². The van der Waals surface area contributed by atoms with Crippen molar-refractivity contribution in [3.8, 4) is 0 Å². The number of hydrogen-bond acceptors (Lipinski definition) is 5. The van der Waals surface area contributed by atoms with Crippen LogP contribution in [0.2, 0.25) is 0 Å². The first-order valence-corrected chi connectivity index (χ1v) is 12.0. The van der Waals surface area contributed by atoms with Gasteiger partial charge >= 0.3 is 0 Å². The number of aromatic nitrogens is 2. The lowest BCUT2D eigenvalue weighted by atomic mass is 9.71.